The van der Waals surface area contributed by atoms with Gasteiger partial charge in [0.15, 0.2) is 0 Å². The molecular weight excluding hydrogens is 364 g/mol. The number of carbonyl (C=O) groups excluding carboxylic acids is 1. The fraction of sp³-hybridized carbons (Fsp3) is 0.562. The van der Waals surface area contributed by atoms with Crippen LogP contribution in [0.1, 0.15) is 11.1 Å². The van der Waals surface area contributed by atoms with Crippen molar-refractivity contribution >= 4 is 5.91 Å². The summed E-state index contributed by atoms with van der Waals surface area (Å²) in [4.78, 5) is 15.3. The lowest BCUT2D eigenvalue weighted by Crippen LogP contribution is -2.49. The monoisotopic (exact) mass is 383 g/mol. The van der Waals surface area contributed by atoms with Crippen molar-refractivity contribution in [2.24, 2.45) is 0 Å². The van der Waals surface area contributed by atoms with Crippen LogP contribution in [0.25, 0.3) is 0 Å². The molecule has 0 bridgehead atoms. The second-order valence-corrected chi connectivity index (χ2v) is 6.14. The van der Waals surface area contributed by atoms with Gasteiger partial charge in [-0.05, 0) is 17.7 Å². The van der Waals surface area contributed by atoms with Gasteiger partial charge < -0.3 is 5.32 Å². The average Bonchev–Trinajstić information content (AvgIpc) is 2.54. The van der Waals surface area contributed by atoms with E-state index in [4.69, 9.17) is 0 Å². The first-order valence-corrected chi connectivity index (χ1v) is 7.97. The lowest BCUT2D eigenvalue weighted by Gasteiger charge is -2.34. The van der Waals surface area contributed by atoms with E-state index >= 15 is 0 Å². The molecule has 1 amide bonds. The summed E-state index contributed by atoms with van der Waals surface area (Å²) >= 11 is 0. The van der Waals surface area contributed by atoms with Crippen molar-refractivity contribution in [2.75, 3.05) is 39.3 Å². The second kappa shape index (κ2) is 8.26. The largest absolute Gasteiger partial charge is 0.416 e. The maximum Gasteiger partial charge on any atom is 0.416 e. The fourth-order valence-corrected chi connectivity index (χ4v) is 2.62. The van der Waals surface area contributed by atoms with E-state index in [2.05, 4.69) is 0 Å². The van der Waals surface area contributed by atoms with E-state index in [-0.39, 0.29) is 6.54 Å². The Balaban J connectivity index is 1.74. The van der Waals surface area contributed by atoms with Crippen LogP contribution in [0.3, 0.4) is 0 Å². The lowest BCUT2D eigenvalue weighted by molar-refractivity contribution is -0.139. The SMILES string of the molecule is O=C(CN1CCN(Cc2ccc(C(F)(F)F)cc2)CC1)NCC(F)(F)F. The van der Waals surface area contributed by atoms with Gasteiger partial charge in [-0.3, -0.25) is 14.6 Å². The Bertz CT molecular complexity index is 591. The number of nitrogens with one attached hydrogen (secondary N) is 1. The summed E-state index contributed by atoms with van der Waals surface area (Å²) in [6.07, 6.45) is -8.80. The Labute approximate surface area is 146 Å². The Morgan fingerprint density at radius 1 is 0.923 bits per heavy atom. The molecule has 1 aliphatic heterocycles. The van der Waals surface area contributed by atoms with Crippen LogP contribution in [0, 0.1) is 0 Å². The van der Waals surface area contributed by atoms with E-state index in [9.17, 15) is 31.1 Å². The van der Waals surface area contributed by atoms with Crippen LogP contribution in [0.2, 0.25) is 0 Å². The van der Waals surface area contributed by atoms with Crippen molar-refractivity contribution in [2.45, 2.75) is 18.9 Å². The molecule has 4 nitrogen and oxygen atoms in total. The van der Waals surface area contributed by atoms with E-state index < -0.39 is 30.4 Å². The molecule has 2 rings (SSSR count). The lowest BCUT2D eigenvalue weighted by atomic mass is 10.1. The number of alkyl halides is 6. The van der Waals surface area contributed by atoms with Gasteiger partial charge in [-0.1, -0.05) is 12.1 Å². The molecule has 0 radical (unpaired) electrons. The topological polar surface area (TPSA) is 35.6 Å². The summed E-state index contributed by atoms with van der Waals surface area (Å²) in [6.45, 7) is 1.18. The van der Waals surface area contributed by atoms with Gasteiger partial charge in [-0.25, -0.2) is 0 Å². The molecule has 0 aromatic heterocycles. The van der Waals surface area contributed by atoms with Gasteiger partial charge in [0.1, 0.15) is 6.54 Å². The summed E-state index contributed by atoms with van der Waals surface area (Å²) in [7, 11) is 0. The Kier molecular flexibility index (Phi) is 6.51. The smallest absolute Gasteiger partial charge is 0.346 e. The van der Waals surface area contributed by atoms with Crippen molar-refractivity contribution < 1.29 is 31.1 Å². The highest BCUT2D eigenvalue weighted by molar-refractivity contribution is 5.78. The van der Waals surface area contributed by atoms with E-state index in [1.54, 1.807) is 4.90 Å². The average molecular weight is 383 g/mol. The molecule has 1 heterocycles. The molecular formula is C16H19F6N3O. The molecule has 1 aliphatic rings. The number of benzene rings is 1. The molecule has 1 aromatic carbocycles. The molecule has 0 unspecified atom stereocenters. The number of carbonyl (C=O) groups is 1. The third kappa shape index (κ3) is 6.83. The van der Waals surface area contributed by atoms with E-state index in [1.807, 2.05) is 10.2 Å². The zero-order valence-corrected chi connectivity index (χ0v) is 13.8. The fourth-order valence-electron chi connectivity index (χ4n) is 2.62. The molecule has 10 heteroatoms. The third-order valence-corrected chi connectivity index (χ3v) is 4.01. The van der Waals surface area contributed by atoms with Crippen LogP contribution in [0.15, 0.2) is 24.3 Å². The number of piperazine rings is 1. The molecule has 1 saturated heterocycles. The predicted molar refractivity (Wildman–Crippen MR) is 82.2 cm³/mol. The zero-order valence-electron chi connectivity index (χ0n) is 13.8. The van der Waals surface area contributed by atoms with Crippen LogP contribution in [-0.4, -0.2) is 61.2 Å². The van der Waals surface area contributed by atoms with Crippen molar-refractivity contribution in [3.63, 3.8) is 0 Å². The van der Waals surface area contributed by atoms with Gasteiger partial charge in [0, 0.05) is 32.7 Å². The minimum absolute atomic E-state index is 0.107. The summed E-state index contributed by atoms with van der Waals surface area (Å²) < 4.78 is 73.7. The quantitative estimate of drug-likeness (QED) is 0.794. The van der Waals surface area contributed by atoms with Crippen molar-refractivity contribution in [1.82, 2.24) is 15.1 Å². The summed E-state index contributed by atoms with van der Waals surface area (Å²) in [6, 6.07) is 4.94. The third-order valence-electron chi connectivity index (χ3n) is 4.01. The summed E-state index contributed by atoms with van der Waals surface area (Å²) in [5.41, 5.74) is 0.0466. The number of hydrogen-bond donors (Lipinski definition) is 1. The molecule has 146 valence electrons. The zero-order chi connectivity index (χ0) is 19.4. The van der Waals surface area contributed by atoms with Crippen LogP contribution in [-0.2, 0) is 17.5 Å². The normalized spacial score (nSPS) is 17.3. The highest BCUT2D eigenvalue weighted by Gasteiger charge is 2.30. The van der Waals surface area contributed by atoms with Crippen LogP contribution >= 0.6 is 0 Å². The molecule has 0 atom stereocenters. The van der Waals surface area contributed by atoms with Gasteiger partial charge in [0.2, 0.25) is 5.91 Å². The second-order valence-electron chi connectivity index (χ2n) is 6.14. The maximum absolute atomic E-state index is 12.5. The van der Waals surface area contributed by atoms with Crippen molar-refractivity contribution in [3.8, 4) is 0 Å². The number of rotatable bonds is 5. The summed E-state index contributed by atoms with van der Waals surface area (Å²) in [5.74, 6) is -0.682. The molecule has 26 heavy (non-hydrogen) atoms. The van der Waals surface area contributed by atoms with Gasteiger partial charge in [0.25, 0.3) is 0 Å². The van der Waals surface area contributed by atoms with E-state index in [1.165, 1.54) is 12.1 Å². The Morgan fingerprint density at radius 3 is 1.96 bits per heavy atom. The van der Waals surface area contributed by atoms with Crippen LogP contribution in [0.5, 0.6) is 0 Å². The first kappa shape index (κ1) is 20.5. The molecule has 1 aromatic rings. The first-order valence-electron chi connectivity index (χ1n) is 7.97. The highest BCUT2D eigenvalue weighted by Crippen LogP contribution is 2.29. The Morgan fingerprint density at radius 2 is 1.46 bits per heavy atom. The van der Waals surface area contributed by atoms with E-state index in [0.29, 0.717) is 32.7 Å². The predicted octanol–water partition coefficient (Wildman–Crippen LogP) is 2.50. The van der Waals surface area contributed by atoms with Gasteiger partial charge in [-0.2, -0.15) is 26.3 Å². The van der Waals surface area contributed by atoms with Crippen LogP contribution in [0.4, 0.5) is 26.3 Å². The van der Waals surface area contributed by atoms with Crippen molar-refractivity contribution in [1.29, 1.82) is 0 Å². The van der Waals surface area contributed by atoms with Gasteiger partial charge in [-0.15, -0.1) is 0 Å². The number of amides is 1. The highest BCUT2D eigenvalue weighted by atomic mass is 19.4. The van der Waals surface area contributed by atoms with Crippen molar-refractivity contribution in [3.05, 3.63) is 35.4 Å². The number of hydrogen-bond acceptors (Lipinski definition) is 3. The standard InChI is InChI=1S/C16H19F6N3O/c17-15(18,19)11-23-14(26)10-25-7-5-24(6-8-25)9-12-1-3-13(4-2-12)16(20,21)22/h1-4H,5-11H2,(H,23,26). The summed E-state index contributed by atoms with van der Waals surface area (Å²) in [5, 5.41) is 1.83. The molecule has 0 aliphatic carbocycles. The molecule has 0 spiro atoms. The van der Waals surface area contributed by atoms with Crippen LogP contribution < -0.4 is 5.32 Å². The molecule has 1 fully saturated rings. The number of halogens is 6. The minimum atomic E-state index is -4.43. The molecule has 0 saturated carbocycles. The Hall–Kier alpha value is -1.81. The van der Waals surface area contributed by atoms with E-state index in [0.717, 1.165) is 17.7 Å². The number of nitrogens with zero attached hydrogens (tertiary/aromatic N) is 2. The van der Waals surface area contributed by atoms with Gasteiger partial charge >= 0.3 is 12.4 Å². The maximum atomic E-state index is 12.5. The minimum Gasteiger partial charge on any atom is -0.346 e. The first-order chi connectivity index (χ1) is 12.0. The molecule has 1 N–H and O–H groups in total. The van der Waals surface area contributed by atoms with Gasteiger partial charge in [0.05, 0.1) is 12.1 Å².